The number of thioether (sulfide) groups is 1. The maximum absolute atomic E-state index is 8.55. The molecule has 0 amide bonds. The van der Waals surface area contributed by atoms with Gasteiger partial charge in [-0.1, -0.05) is 24.1 Å². The second-order valence-electron chi connectivity index (χ2n) is 2.87. The molecule has 0 saturated carbocycles. The Bertz CT molecular complexity index is 297. The summed E-state index contributed by atoms with van der Waals surface area (Å²) in [5, 5.41) is 11.6. The molecule has 0 unspecified atom stereocenters. The van der Waals surface area contributed by atoms with Crippen LogP contribution >= 0.6 is 11.8 Å². The second-order valence-corrected chi connectivity index (χ2v) is 3.75. The molecule has 0 aliphatic rings. The van der Waals surface area contributed by atoms with Gasteiger partial charge < -0.3 is 5.11 Å². The Balaban J connectivity index is 2.20. The molecule has 0 spiro atoms. The third-order valence-corrected chi connectivity index (χ3v) is 2.45. The monoisotopic (exact) mass is 206 g/mol. The molecule has 1 N–H and O–H groups in total. The van der Waals surface area contributed by atoms with Crippen molar-refractivity contribution < 1.29 is 5.11 Å². The van der Waals surface area contributed by atoms with Crippen LogP contribution in [0.25, 0.3) is 0 Å². The first-order valence-corrected chi connectivity index (χ1v) is 5.56. The van der Waals surface area contributed by atoms with E-state index in [1.807, 2.05) is 30.3 Å². The van der Waals surface area contributed by atoms with E-state index < -0.39 is 0 Å². The Morgan fingerprint density at radius 1 is 1.14 bits per heavy atom. The van der Waals surface area contributed by atoms with Gasteiger partial charge in [-0.15, -0.1) is 0 Å². The van der Waals surface area contributed by atoms with Gasteiger partial charge in [-0.3, -0.25) is 0 Å². The normalized spacial score (nSPS) is 9.21. The van der Waals surface area contributed by atoms with E-state index in [0.717, 1.165) is 19.3 Å². The molecule has 0 bridgehead atoms. The van der Waals surface area contributed by atoms with Crippen molar-refractivity contribution >= 4 is 11.8 Å². The van der Waals surface area contributed by atoms with Crippen LogP contribution in [0, 0.1) is 11.2 Å². The largest absolute Gasteiger partial charge is 0.396 e. The summed E-state index contributed by atoms with van der Waals surface area (Å²) in [6.45, 7) is 0.271. The molecular weight excluding hydrogens is 192 g/mol. The van der Waals surface area contributed by atoms with Crippen molar-refractivity contribution in [1.82, 2.24) is 0 Å². The highest BCUT2D eigenvalue weighted by Crippen LogP contribution is 2.14. The number of hydrogen-bond donors (Lipinski definition) is 1. The van der Waals surface area contributed by atoms with Gasteiger partial charge in [0.2, 0.25) is 0 Å². The Hall–Kier alpha value is -0.910. The average Bonchev–Trinajstić information content (AvgIpc) is 2.25. The molecule has 0 aliphatic carbocycles. The molecule has 14 heavy (non-hydrogen) atoms. The number of rotatable bonds is 4. The van der Waals surface area contributed by atoms with Gasteiger partial charge in [-0.25, -0.2) is 0 Å². The predicted octanol–water partition coefficient (Wildman–Crippen LogP) is 2.90. The smallest absolute Gasteiger partial charge is 0.0431 e. The molecule has 1 rings (SSSR count). The molecule has 74 valence electrons. The van der Waals surface area contributed by atoms with Gasteiger partial charge in [0, 0.05) is 17.9 Å². The summed E-state index contributed by atoms with van der Waals surface area (Å²) in [5.41, 5.74) is 0. The molecule has 0 radical (unpaired) electrons. The summed E-state index contributed by atoms with van der Waals surface area (Å²) in [6.07, 6.45) is 2.71. The summed E-state index contributed by atoms with van der Waals surface area (Å²) < 4.78 is 0. The Kier molecular flexibility index (Phi) is 5.97. The first-order valence-electron chi connectivity index (χ1n) is 4.74. The third-order valence-electron chi connectivity index (χ3n) is 1.69. The first-order chi connectivity index (χ1) is 6.93. The van der Waals surface area contributed by atoms with Crippen LogP contribution in [0.1, 0.15) is 19.3 Å². The predicted molar refractivity (Wildman–Crippen MR) is 61.0 cm³/mol. The quantitative estimate of drug-likeness (QED) is 0.464. The lowest BCUT2D eigenvalue weighted by atomic mass is 10.2. The van der Waals surface area contributed by atoms with E-state index in [9.17, 15) is 0 Å². The maximum Gasteiger partial charge on any atom is 0.0431 e. The minimum Gasteiger partial charge on any atom is -0.396 e. The van der Waals surface area contributed by atoms with Gasteiger partial charge in [-0.2, -0.15) is 0 Å². The second kappa shape index (κ2) is 7.49. The van der Waals surface area contributed by atoms with Gasteiger partial charge in [0.1, 0.15) is 0 Å². The number of benzene rings is 1. The van der Waals surface area contributed by atoms with Crippen LogP contribution in [0.5, 0.6) is 0 Å². The number of hydrogen-bond acceptors (Lipinski definition) is 2. The van der Waals surface area contributed by atoms with E-state index in [1.54, 1.807) is 11.8 Å². The molecule has 0 aromatic heterocycles. The van der Waals surface area contributed by atoms with E-state index in [4.69, 9.17) is 5.11 Å². The van der Waals surface area contributed by atoms with Crippen LogP contribution in [-0.2, 0) is 0 Å². The van der Waals surface area contributed by atoms with Crippen LogP contribution < -0.4 is 0 Å². The summed E-state index contributed by atoms with van der Waals surface area (Å²) in [5.74, 6) is 3.07. The van der Waals surface area contributed by atoms with E-state index in [1.165, 1.54) is 4.90 Å². The van der Waals surface area contributed by atoms with Gasteiger partial charge in [-0.05, 0) is 42.0 Å². The minimum atomic E-state index is 0.271. The standard InChI is InChI=1S/C12H14OS/c13-10-6-1-2-7-11-14-12-8-4-3-5-9-12/h3-5,8-9,13H,1-2,6,10H2. The summed E-state index contributed by atoms with van der Waals surface area (Å²) in [6, 6.07) is 10.1. The van der Waals surface area contributed by atoms with Crippen molar-refractivity contribution in [3.05, 3.63) is 30.3 Å². The lowest BCUT2D eigenvalue weighted by Gasteiger charge is -1.91. The van der Waals surface area contributed by atoms with Gasteiger partial charge in [0.15, 0.2) is 0 Å². The molecule has 0 saturated heterocycles. The molecule has 2 heteroatoms. The highest BCUT2D eigenvalue weighted by molar-refractivity contribution is 8.03. The Morgan fingerprint density at radius 2 is 1.93 bits per heavy atom. The lowest BCUT2D eigenvalue weighted by molar-refractivity contribution is 0.285. The van der Waals surface area contributed by atoms with E-state index in [-0.39, 0.29) is 6.61 Å². The molecule has 1 nitrogen and oxygen atoms in total. The topological polar surface area (TPSA) is 20.2 Å². The number of aliphatic hydroxyl groups is 1. The van der Waals surface area contributed by atoms with Crippen LogP contribution in [0.4, 0.5) is 0 Å². The zero-order chi connectivity index (χ0) is 10.1. The zero-order valence-electron chi connectivity index (χ0n) is 8.07. The van der Waals surface area contributed by atoms with E-state index in [2.05, 4.69) is 11.2 Å². The summed E-state index contributed by atoms with van der Waals surface area (Å²) in [7, 11) is 0. The highest BCUT2D eigenvalue weighted by atomic mass is 32.2. The third kappa shape index (κ3) is 4.96. The maximum atomic E-state index is 8.55. The fourth-order valence-electron chi connectivity index (χ4n) is 0.960. The number of unbranched alkanes of at least 4 members (excludes halogenated alkanes) is 2. The van der Waals surface area contributed by atoms with Crippen molar-refractivity contribution in [3.8, 4) is 11.2 Å². The van der Waals surface area contributed by atoms with Gasteiger partial charge in [0.05, 0.1) is 0 Å². The molecule has 0 fully saturated rings. The van der Waals surface area contributed by atoms with Crippen molar-refractivity contribution in [2.24, 2.45) is 0 Å². The molecule has 0 aliphatic heterocycles. The summed E-state index contributed by atoms with van der Waals surface area (Å²) >= 11 is 1.55. The molecule has 1 aromatic rings. The number of aliphatic hydroxyl groups excluding tert-OH is 1. The van der Waals surface area contributed by atoms with Crippen molar-refractivity contribution in [2.45, 2.75) is 24.2 Å². The first kappa shape index (κ1) is 11.2. The van der Waals surface area contributed by atoms with Crippen molar-refractivity contribution in [3.63, 3.8) is 0 Å². The van der Waals surface area contributed by atoms with Crippen LogP contribution in [-0.4, -0.2) is 11.7 Å². The van der Waals surface area contributed by atoms with Crippen LogP contribution in [0.2, 0.25) is 0 Å². The SMILES string of the molecule is OCCCCC#CSc1ccccc1. The Labute approximate surface area is 89.5 Å². The van der Waals surface area contributed by atoms with E-state index >= 15 is 0 Å². The molecule has 0 atom stereocenters. The molecule has 1 aromatic carbocycles. The Morgan fingerprint density at radius 3 is 2.64 bits per heavy atom. The minimum absolute atomic E-state index is 0.271. The van der Waals surface area contributed by atoms with E-state index in [0.29, 0.717) is 0 Å². The lowest BCUT2D eigenvalue weighted by Crippen LogP contribution is -1.80. The van der Waals surface area contributed by atoms with Crippen LogP contribution in [0.3, 0.4) is 0 Å². The molecular formula is C12H14OS. The fraction of sp³-hybridized carbons (Fsp3) is 0.333. The molecule has 0 heterocycles. The highest BCUT2D eigenvalue weighted by Gasteiger charge is 1.86. The average molecular weight is 206 g/mol. The summed E-state index contributed by atoms with van der Waals surface area (Å²) in [4.78, 5) is 1.18. The van der Waals surface area contributed by atoms with Crippen molar-refractivity contribution in [1.29, 1.82) is 0 Å². The van der Waals surface area contributed by atoms with Crippen LogP contribution in [0.15, 0.2) is 35.2 Å². The van der Waals surface area contributed by atoms with Gasteiger partial charge in [0.25, 0.3) is 0 Å². The fourth-order valence-corrected chi connectivity index (χ4v) is 1.55. The zero-order valence-corrected chi connectivity index (χ0v) is 8.89. The van der Waals surface area contributed by atoms with Gasteiger partial charge >= 0.3 is 0 Å². The van der Waals surface area contributed by atoms with Crippen molar-refractivity contribution in [2.75, 3.05) is 6.61 Å².